The van der Waals surface area contributed by atoms with Crippen LogP contribution < -0.4 is 10.7 Å². The summed E-state index contributed by atoms with van der Waals surface area (Å²) in [7, 11) is 1.87. The quantitative estimate of drug-likeness (QED) is 0.555. The Labute approximate surface area is 157 Å². The highest BCUT2D eigenvalue weighted by Crippen LogP contribution is 2.15. The number of carbonyl (C=O) groups is 3. The molecular weight excluding hydrogens is 352 g/mol. The van der Waals surface area contributed by atoms with Crippen molar-refractivity contribution in [3.8, 4) is 0 Å². The summed E-state index contributed by atoms with van der Waals surface area (Å²) in [6.45, 7) is 4.70. The summed E-state index contributed by atoms with van der Waals surface area (Å²) in [5.41, 5.74) is 2.75. The summed E-state index contributed by atoms with van der Waals surface area (Å²) in [6, 6.07) is 7.71. The van der Waals surface area contributed by atoms with E-state index in [2.05, 4.69) is 15.8 Å². The van der Waals surface area contributed by atoms with Gasteiger partial charge in [-0.2, -0.15) is 0 Å². The van der Waals surface area contributed by atoms with E-state index in [9.17, 15) is 14.4 Å². The molecule has 2 rings (SSSR count). The molecule has 0 spiro atoms. The van der Waals surface area contributed by atoms with E-state index in [1.165, 1.54) is 11.8 Å². The molecule has 1 fully saturated rings. The van der Waals surface area contributed by atoms with Crippen LogP contribution in [0.25, 0.3) is 0 Å². The van der Waals surface area contributed by atoms with Gasteiger partial charge in [-0.15, -0.1) is 5.10 Å². The summed E-state index contributed by atoms with van der Waals surface area (Å²) >= 11 is 1.51. The Morgan fingerprint density at radius 2 is 1.92 bits per heavy atom. The number of Topliss-reactive ketones (excluding diaryl/α,β-unsaturated/α-hetero) is 1. The molecule has 0 unspecified atom stereocenters. The van der Waals surface area contributed by atoms with Gasteiger partial charge in [0.25, 0.3) is 5.91 Å². The Morgan fingerprint density at radius 3 is 2.50 bits per heavy atom. The van der Waals surface area contributed by atoms with Crippen molar-refractivity contribution in [1.82, 2.24) is 15.6 Å². The van der Waals surface area contributed by atoms with Gasteiger partial charge in [0.15, 0.2) is 5.17 Å². The summed E-state index contributed by atoms with van der Waals surface area (Å²) in [6.07, 6.45) is 0.371. The van der Waals surface area contributed by atoms with Gasteiger partial charge in [-0.25, -0.2) is 5.43 Å². The third-order valence-electron chi connectivity index (χ3n) is 3.83. The van der Waals surface area contributed by atoms with Crippen LogP contribution in [0.4, 0.5) is 0 Å². The first-order chi connectivity index (χ1) is 12.4. The first-order valence-corrected chi connectivity index (χ1v) is 9.48. The number of nitrogens with one attached hydrogen (secondary N) is 2. The van der Waals surface area contributed by atoms with E-state index in [-0.39, 0.29) is 11.8 Å². The SMILES string of the molecule is CC(C)C[C@H](NC(=O)c1ccccc1)C(=O)C(=O)N/N=C1\SCCN1C. The predicted octanol–water partition coefficient (Wildman–Crippen LogP) is 1.47. The molecule has 1 aliphatic rings. The number of rotatable bonds is 7. The van der Waals surface area contributed by atoms with Crippen LogP contribution >= 0.6 is 11.8 Å². The third kappa shape index (κ3) is 5.59. The predicted molar refractivity (Wildman–Crippen MR) is 103 cm³/mol. The molecule has 1 aliphatic heterocycles. The lowest BCUT2D eigenvalue weighted by molar-refractivity contribution is -0.139. The number of amides is 2. The van der Waals surface area contributed by atoms with Crippen LogP contribution in [0.2, 0.25) is 0 Å². The van der Waals surface area contributed by atoms with Gasteiger partial charge in [0.1, 0.15) is 0 Å². The van der Waals surface area contributed by atoms with E-state index in [0.717, 1.165) is 12.3 Å². The van der Waals surface area contributed by atoms with Gasteiger partial charge in [-0.3, -0.25) is 14.4 Å². The fourth-order valence-corrected chi connectivity index (χ4v) is 3.41. The maximum absolute atomic E-state index is 12.5. The van der Waals surface area contributed by atoms with Crippen molar-refractivity contribution in [3.05, 3.63) is 35.9 Å². The largest absolute Gasteiger partial charge is 0.352 e. The summed E-state index contributed by atoms with van der Waals surface area (Å²) < 4.78 is 0. The maximum atomic E-state index is 12.5. The van der Waals surface area contributed by atoms with Gasteiger partial charge in [-0.05, 0) is 24.5 Å². The minimum absolute atomic E-state index is 0.135. The third-order valence-corrected chi connectivity index (χ3v) is 4.87. The molecule has 2 amide bonds. The highest BCUT2D eigenvalue weighted by atomic mass is 32.2. The molecule has 1 saturated heterocycles. The number of nitrogens with zero attached hydrogens (tertiary/aromatic N) is 2. The molecule has 140 valence electrons. The Morgan fingerprint density at radius 1 is 1.23 bits per heavy atom. The van der Waals surface area contributed by atoms with Gasteiger partial charge in [0.05, 0.1) is 6.04 Å². The second-order valence-electron chi connectivity index (χ2n) is 6.49. The minimum Gasteiger partial charge on any atom is -0.352 e. The van der Waals surface area contributed by atoms with Crippen molar-refractivity contribution < 1.29 is 14.4 Å². The van der Waals surface area contributed by atoms with Crippen LogP contribution in [0.3, 0.4) is 0 Å². The Hall–Kier alpha value is -2.35. The Kier molecular flexibility index (Phi) is 7.20. The van der Waals surface area contributed by atoms with E-state index in [4.69, 9.17) is 0 Å². The zero-order chi connectivity index (χ0) is 19.1. The van der Waals surface area contributed by atoms with Gasteiger partial charge in [-0.1, -0.05) is 43.8 Å². The summed E-state index contributed by atoms with van der Waals surface area (Å²) in [5.74, 6) is -0.872. The molecule has 0 aromatic heterocycles. The van der Waals surface area contributed by atoms with Crippen molar-refractivity contribution in [1.29, 1.82) is 0 Å². The topological polar surface area (TPSA) is 90.9 Å². The fraction of sp³-hybridized carbons (Fsp3) is 0.444. The Bertz CT molecular complexity index is 691. The smallest absolute Gasteiger partial charge is 0.309 e. The van der Waals surface area contributed by atoms with Crippen LogP contribution in [0.5, 0.6) is 0 Å². The van der Waals surface area contributed by atoms with Crippen LogP contribution in [-0.4, -0.2) is 53.1 Å². The molecule has 0 aliphatic carbocycles. The zero-order valence-electron chi connectivity index (χ0n) is 15.2. The van der Waals surface area contributed by atoms with Crippen LogP contribution in [0.15, 0.2) is 35.4 Å². The molecule has 8 heteroatoms. The number of thioether (sulfide) groups is 1. The van der Waals surface area contributed by atoms with E-state index >= 15 is 0 Å². The van der Waals surface area contributed by atoms with Gasteiger partial charge in [0.2, 0.25) is 5.78 Å². The molecule has 0 radical (unpaired) electrons. The van der Waals surface area contributed by atoms with Crippen LogP contribution in [0.1, 0.15) is 30.6 Å². The normalized spacial score (nSPS) is 16.6. The van der Waals surface area contributed by atoms with Crippen molar-refractivity contribution in [2.24, 2.45) is 11.0 Å². The monoisotopic (exact) mass is 376 g/mol. The zero-order valence-corrected chi connectivity index (χ0v) is 16.0. The molecule has 26 heavy (non-hydrogen) atoms. The number of benzene rings is 1. The molecule has 0 saturated carbocycles. The number of carbonyl (C=O) groups excluding carboxylic acids is 3. The van der Waals surface area contributed by atoms with E-state index in [1.807, 2.05) is 25.8 Å². The number of amidine groups is 1. The molecule has 2 N–H and O–H groups in total. The average molecular weight is 376 g/mol. The molecule has 1 aromatic rings. The van der Waals surface area contributed by atoms with E-state index in [1.54, 1.807) is 30.3 Å². The average Bonchev–Trinajstić information content (AvgIpc) is 3.03. The van der Waals surface area contributed by atoms with E-state index < -0.39 is 17.7 Å². The standard InChI is InChI=1S/C18H24N4O3S/c1-12(2)11-14(19-16(24)13-7-5-4-6-8-13)15(23)17(25)20-21-18-22(3)9-10-26-18/h4-8,12,14H,9-11H2,1-3H3,(H,19,24)(H,20,25)/b21-18-/t14-/m0/s1. The van der Waals surface area contributed by atoms with Crippen molar-refractivity contribution >= 4 is 34.5 Å². The highest BCUT2D eigenvalue weighted by molar-refractivity contribution is 8.14. The second kappa shape index (κ2) is 9.38. The van der Waals surface area contributed by atoms with Gasteiger partial charge >= 0.3 is 5.91 Å². The van der Waals surface area contributed by atoms with Crippen molar-refractivity contribution in [2.45, 2.75) is 26.3 Å². The van der Waals surface area contributed by atoms with Crippen LogP contribution in [0, 0.1) is 5.92 Å². The minimum atomic E-state index is -0.892. The number of hydrazone groups is 1. The van der Waals surface area contributed by atoms with Crippen molar-refractivity contribution in [3.63, 3.8) is 0 Å². The molecule has 0 bridgehead atoms. The molecule has 7 nitrogen and oxygen atoms in total. The molecule has 1 aromatic carbocycles. The number of hydrogen-bond donors (Lipinski definition) is 2. The van der Waals surface area contributed by atoms with E-state index in [0.29, 0.717) is 17.2 Å². The van der Waals surface area contributed by atoms with Gasteiger partial charge in [0, 0.05) is 24.9 Å². The second-order valence-corrected chi connectivity index (χ2v) is 7.55. The van der Waals surface area contributed by atoms with Gasteiger partial charge < -0.3 is 10.2 Å². The lowest BCUT2D eigenvalue weighted by Crippen LogP contribution is -2.47. The summed E-state index contributed by atoms with van der Waals surface area (Å²) in [5, 5.41) is 7.33. The molecular formula is C18H24N4O3S. The first kappa shape index (κ1) is 20.0. The lowest BCUT2D eigenvalue weighted by atomic mass is 9.99. The number of hydrogen-bond acceptors (Lipinski definition) is 5. The van der Waals surface area contributed by atoms with Crippen LogP contribution in [-0.2, 0) is 9.59 Å². The number of ketones is 1. The lowest BCUT2D eigenvalue weighted by Gasteiger charge is -2.19. The highest BCUT2D eigenvalue weighted by Gasteiger charge is 2.28. The molecule has 1 atom stereocenters. The van der Waals surface area contributed by atoms with Crippen molar-refractivity contribution in [2.75, 3.05) is 19.3 Å². The Balaban J connectivity index is 2.03. The maximum Gasteiger partial charge on any atom is 0.309 e. The molecule has 1 heterocycles. The first-order valence-electron chi connectivity index (χ1n) is 8.50. The summed E-state index contributed by atoms with van der Waals surface area (Å²) in [4.78, 5) is 39.0. The fourth-order valence-electron chi connectivity index (χ4n) is 2.44.